The molecular weight excluding hydrogens is 330 g/mol. The van der Waals surface area contributed by atoms with Crippen LogP contribution in [0.1, 0.15) is 19.4 Å². The van der Waals surface area contributed by atoms with E-state index in [1.54, 1.807) is 24.3 Å². The average Bonchev–Trinajstić information content (AvgIpc) is 2.92. The van der Waals surface area contributed by atoms with E-state index in [9.17, 15) is 8.42 Å². The zero-order valence-corrected chi connectivity index (χ0v) is 14.7. The van der Waals surface area contributed by atoms with Gasteiger partial charge in [0.15, 0.2) is 0 Å². The number of aromatic nitrogens is 2. The van der Waals surface area contributed by atoms with Crippen LogP contribution in [-0.2, 0) is 10.0 Å². The Labute approximate surface area is 140 Å². The van der Waals surface area contributed by atoms with Crippen molar-refractivity contribution in [2.45, 2.75) is 31.2 Å². The smallest absolute Gasteiger partial charge is 0.286 e. The van der Waals surface area contributed by atoms with Gasteiger partial charge in [0, 0.05) is 25.2 Å². The van der Waals surface area contributed by atoms with Crippen LogP contribution < -0.4 is 20.6 Å². The molecule has 0 atom stereocenters. The zero-order chi connectivity index (χ0) is 17.5. The van der Waals surface area contributed by atoms with Crippen molar-refractivity contribution in [1.29, 1.82) is 5.41 Å². The second kappa shape index (κ2) is 5.75. The van der Waals surface area contributed by atoms with Crippen LogP contribution in [0.25, 0.3) is 0 Å². The highest BCUT2D eigenvalue weighted by atomic mass is 32.2. The summed E-state index contributed by atoms with van der Waals surface area (Å²) in [7, 11) is -3.53. The topological polar surface area (TPSA) is 95.6 Å². The van der Waals surface area contributed by atoms with Gasteiger partial charge in [0.05, 0.1) is 4.90 Å². The van der Waals surface area contributed by atoms with Gasteiger partial charge in [-0.3, -0.25) is 10.4 Å². The van der Waals surface area contributed by atoms with Crippen molar-refractivity contribution in [2.24, 2.45) is 0 Å². The van der Waals surface area contributed by atoms with E-state index in [0.717, 1.165) is 5.56 Å². The first-order valence-corrected chi connectivity index (χ1v) is 9.09. The molecule has 2 heterocycles. The summed E-state index contributed by atoms with van der Waals surface area (Å²) in [6.07, 6.45) is 1.46. The highest BCUT2D eigenvalue weighted by Crippen LogP contribution is 2.23. The van der Waals surface area contributed by atoms with Crippen molar-refractivity contribution >= 4 is 10.0 Å². The van der Waals surface area contributed by atoms with Crippen LogP contribution in [0, 0.1) is 12.3 Å². The molecule has 1 aromatic heterocycles. The Balaban J connectivity index is 1.86. The number of aryl methyl sites for hydroxylation is 1. The molecule has 24 heavy (non-hydrogen) atoms. The fourth-order valence-electron chi connectivity index (χ4n) is 2.90. The van der Waals surface area contributed by atoms with Gasteiger partial charge in [0.25, 0.3) is 11.8 Å². The van der Waals surface area contributed by atoms with Gasteiger partial charge in [-0.1, -0.05) is 36.3 Å². The van der Waals surface area contributed by atoms with Crippen LogP contribution in [0.2, 0.25) is 0 Å². The first-order chi connectivity index (χ1) is 11.2. The maximum atomic E-state index is 12.9. The lowest BCUT2D eigenvalue weighted by Crippen LogP contribution is -2.75. The Bertz CT molecular complexity index is 882. The molecule has 1 aromatic carbocycles. The highest BCUT2D eigenvalue weighted by Gasteiger charge is 2.39. The number of hydrogen-bond acceptors (Lipinski definition) is 5. The molecule has 0 aliphatic carbocycles. The van der Waals surface area contributed by atoms with Gasteiger partial charge in [0.2, 0.25) is 10.0 Å². The SMILES string of the molecule is Cc1ccc(S(=O)(=O)N2CCN([n+]3cc(=N)o[n-]3)C(C)(C)C2)cc1. The number of nitrogens with zero attached hydrogens (tertiary/aromatic N) is 4. The van der Waals surface area contributed by atoms with Gasteiger partial charge in [0.1, 0.15) is 0 Å². The summed E-state index contributed by atoms with van der Waals surface area (Å²) < 4.78 is 32.0. The average molecular weight is 351 g/mol. The molecule has 9 heteroatoms. The number of hydrogen-bond donors (Lipinski definition) is 1. The lowest BCUT2D eigenvalue weighted by molar-refractivity contribution is -0.771. The predicted molar refractivity (Wildman–Crippen MR) is 85.2 cm³/mol. The molecule has 1 saturated heterocycles. The lowest BCUT2D eigenvalue weighted by atomic mass is 10.0. The maximum Gasteiger partial charge on any atom is 0.286 e. The Morgan fingerprint density at radius 1 is 1.25 bits per heavy atom. The van der Waals surface area contributed by atoms with Crippen LogP contribution in [0.4, 0.5) is 0 Å². The molecule has 130 valence electrons. The van der Waals surface area contributed by atoms with Crippen molar-refractivity contribution in [3.05, 3.63) is 41.6 Å². The van der Waals surface area contributed by atoms with E-state index in [1.165, 1.54) is 15.3 Å². The number of sulfonamides is 1. The molecule has 1 aliphatic rings. The molecule has 8 nitrogen and oxygen atoms in total. The first-order valence-electron chi connectivity index (χ1n) is 7.65. The normalized spacial score (nSPS) is 18.7. The van der Waals surface area contributed by atoms with Crippen LogP contribution in [0.5, 0.6) is 0 Å². The standard InChI is InChI=1S/C15H21N5O3S/c1-12-4-6-13(7-5-12)24(21,22)18-8-9-19(15(2,3)11-18)20-10-14(16)23-17-20/h4-7,10,16H,8-9,11H2,1-3H3. The van der Waals surface area contributed by atoms with Crippen LogP contribution >= 0.6 is 0 Å². The van der Waals surface area contributed by atoms with Crippen molar-refractivity contribution in [1.82, 2.24) is 9.58 Å². The molecule has 0 bridgehead atoms. The molecule has 2 aromatic rings. The fraction of sp³-hybridized carbons (Fsp3) is 0.467. The number of benzene rings is 1. The molecule has 1 N–H and O–H groups in total. The van der Waals surface area contributed by atoms with Gasteiger partial charge in [-0.25, -0.2) is 8.42 Å². The van der Waals surface area contributed by atoms with Crippen molar-refractivity contribution in [3.63, 3.8) is 0 Å². The molecule has 1 fully saturated rings. The number of piperazine rings is 1. The molecule has 0 unspecified atom stereocenters. The molecule has 0 saturated carbocycles. The third-order valence-corrected chi connectivity index (χ3v) is 6.04. The molecule has 0 radical (unpaired) electrons. The Kier molecular flexibility index (Phi) is 4.00. The monoisotopic (exact) mass is 351 g/mol. The zero-order valence-electron chi connectivity index (χ0n) is 13.9. The summed E-state index contributed by atoms with van der Waals surface area (Å²) in [5.74, 6) is 0. The molecule has 0 spiro atoms. The lowest BCUT2D eigenvalue weighted by Gasteiger charge is -2.46. The summed E-state index contributed by atoms with van der Waals surface area (Å²) in [4.78, 5) is 1.78. The van der Waals surface area contributed by atoms with E-state index >= 15 is 0 Å². The van der Waals surface area contributed by atoms with Crippen molar-refractivity contribution in [3.8, 4) is 0 Å². The summed E-state index contributed by atoms with van der Waals surface area (Å²) in [6.45, 7) is 6.91. The third-order valence-electron chi connectivity index (χ3n) is 4.18. The van der Waals surface area contributed by atoms with Crippen LogP contribution in [0.3, 0.4) is 0 Å². The summed E-state index contributed by atoms with van der Waals surface area (Å²) in [5, 5.41) is 13.2. The van der Waals surface area contributed by atoms with Gasteiger partial charge in [-0.15, -0.1) is 0 Å². The van der Waals surface area contributed by atoms with Gasteiger partial charge in [-0.2, -0.15) is 4.31 Å². The highest BCUT2D eigenvalue weighted by molar-refractivity contribution is 7.89. The number of nitrogens with one attached hydrogen (secondary N) is 1. The van der Waals surface area contributed by atoms with Gasteiger partial charge in [-0.05, 0) is 24.3 Å². The molecular formula is C15H21N5O3S. The second-order valence-corrected chi connectivity index (χ2v) is 8.51. The molecule has 1 aliphatic heterocycles. The quantitative estimate of drug-likeness (QED) is 0.768. The van der Waals surface area contributed by atoms with Gasteiger partial charge < -0.3 is 4.52 Å². The van der Waals surface area contributed by atoms with E-state index in [0.29, 0.717) is 24.5 Å². The van der Waals surface area contributed by atoms with Crippen molar-refractivity contribution in [2.75, 3.05) is 24.6 Å². The number of rotatable bonds is 3. The van der Waals surface area contributed by atoms with E-state index in [-0.39, 0.29) is 5.55 Å². The molecule has 3 rings (SSSR count). The van der Waals surface area contributed by atoms with E-state index < -0.39 is 15.6 Å². The van der Waals surface area contributed by atoms with E-state index in [4.69, 9.17) is 9.93 Å². The third kappa shape index (κ3) is 2.96. The van der Waals surface area contributed by atoms with Crippen LogP contribution in [-0.4, -0.2) is 37.9 Å². The predicted octanol–water partition coefficient (Wildman–Crippen LogP) is -0.267. The van der Waals surface area contributed by atoms with E-state index in [1.807, 2.05) is 25.8 Å². The molecule has 0 amide bonds. The largest absolute Gasteiger partial charge is 0.380 e. The van der Waals surface area contributed by atoms with Crippen LogP contribution in [0.15, 0.2) is 39.9 Å². The fourth-order valence-corrected chi connectivity index (χ4v) is 4.48. The van der Waals surface area contributed by atoms with Crippen molar-refractivity contribution < 1.29 is 17.7 Å². The summed E-state index contributed by atoms with van der Waals surface area (Å²) in [6, 6.07) is 6.89. The second-order valence-electron chi connectivity index (χ2n) is 6.57. The summed E-state index contributed by atoms with van der Waals surface area (Å²) in [5.41, 5.74) is 0.484. The first kappa shape index (κ1) is 16.7. The maximum absolute atomic E-state index is 12.9. The summed E-state index contributed by atoms with van der Waals surface area (Å²) >= 11 is 0. The van der Waals surface area contributed by atoms with E-state index in [2.05, 4.69) is 5.27 Å². The Morgan fingerprint density at radius 2 is 1.92 bits per heavy atom. The Hall–Kier alpha value is -2.13. The minimum atomic E-state index is -3.53. The minimum absolute atomic E-state index is 0.0412. The Morgan fingerprint density at radius 3 is 2.46 bits per heavy atom. The van der Waals surface area contributed by atoms with Gasteiger partial charge >= 0.3 is 0 Å². The minimum Gasteiger partial charge on any atom is -0.380 e.